The Kier molecular flexibility index (Phi) is 3.81. The highest BCUT2D eigenvalue weighted by molar-refractivity contribution is 6.16. The van der Waals surface area contributed by atoms with Crippen molar-refractivity contribution in [2.75, 3.05) is 0 Å². The zero-order chi connectivity index (χ0) is 13.1. The van der Waals surface area contributed by atoms with E-state index in [0.717, 1.165) is 11.4 Å². The van der Waals surface area contributed by atoms with Gasteiger partial charge in [-0.2, -0.15) is 10.1 Å². The average molecular weight is 267 g/mol. The molecule has 2 heterocycles. The molecule has 5 nitrogen and oxygen atoms in total. The first-order valence-electron chi connectivity index (χ1n) is 5.71. The third-order valence-corrected chi connectivity index (χ3v) is 2.61. The van der Waals surface area contributed by atoms with E-state index in [0.29, 0.717) is 23.7 Å². The number of nitrogens with zero attached hydrogens (tertiary/aromatic N) is 4. The maximum Gasteiger partial charge on any atom is 0.322 e. The zero-order valence-electron chi connectivity index (χ0n) is 10.6. The predicted octanol–water partition coefficient (Wildman–Crippen LogP) is 3.09. The topological polar surface area (TPSA) is 52.8 Å². The van der Waals surface area contributed by atoms with E-state index in [-0.39, 0.29) is 0 Å². The Morgan fingerprint density at radius 3 is 2.78 bits per heavy atom. The van der Waals surface area contributed by atoms with Crippen LogP contribution in [0.3, 0.4) is 0 Å². The second-order valence-corrected chi connectivity index (χ2v) is 4.54. The van der Waals surface area contributed by atoms with Crippen LogP contribution < -0.4 is 4.74 Å². The number of hydrogen-bond acceptors (Lipinski definition) is 4. The zero-order valence-corrected chi connectivity index (χ0v) is 11.3. The van der Waals surface area contributed by atoms with E-state index in [1.807, 2.05) is 37.7 Å². The summed E-state index contributed by atoms with van der Waals surface area (Å²) in [5, 5.41) is 4.19. The van der Waals surface area contributed by atoms with Crippen LogP contribution in [0.4, 0.5) is 0 Å². The second kappa shape index (κ2) is 5.35. The first-order valence-corrected chi connectivity index (χ1v) is 6.24. The number of aryl methyl sites for hydroxylation is 1. The molecule has 6 heteroatoms. The van der Waals surface area contributed by atoms with Crippen molar-refractivity contribution in [3.05, 3.63) is 29.8 Å². The maximum absolute atomic E-state index is 5.76. The van der Waals surface area contributed by atoms with Gasteiger partial charge in [0.05, 0.1) is 24.0 Å². The van der Waals surface area contributed by atoms with Crippen LogP contribution in [0.1, 0.15) is 31.3 Å². The SMILES string of the molecule is Cc1cc(CCl)nc(Oc2cnn(C(C)C)c2)n1. The molecule has 96 valence electrons. The summed E-state index contributed by atoms with van der Waals surface area (Å²) >= 11 is 5.76. The van der Waals surface area contributed by atoms with Crippen LogP contribution in [0.5, 0.6) is 11.8 Å². The Morgan fingerprint density at radius 2 is 2.17 bits per heavy atom. The molecule has 0 aliphatic heterocycles. The summed E-state index contributed by atoms with van der Waals surface area (Å²) in [4.78, 5) is 8.40. The van der Waals surface area contributed by atoms with Crippen LogP contribution in [0, 0.1) is 6.92 Å². The lowest BCUT2D eigenvalue weighted by atomic mass is 10.4. The molecule has 0 atom stereocenters. The highest BCUT2D eigenvalue weighted by Crippen LogP contribution is 2.19. The van der Waals surface area contributed by atoms with Crippen molar-refractivity contribution >= 4 is 11.6 Å². The van der Waals surface area contributed by atoms with Crippen molar-refractivity contribution in [2.24, 2.45) is 0 Å². The Bertz CT molecular complexity index is 539. The number of alkyl halides is 1. The molecule has 0 aliphatic rings. The second-order valence-electron chi connectivity index (χ2n) is 4.27. The Hall–Kier alpha value is -1.62. The van der Waals surface area contributed by atoms with Gasteiger partial charge in [-0.15, -0.1) is 11.6 Å². The van der Waals surface area contributed by atoms with Gasteiger partial charge >= 0.3 is 6.01 Å². The van der Waals surface area contributed by atoms with Gasteiger partial charge in [0.25, 0.3) is 0 Å². The van der Waals surface area contributed by atoms with E-state index in [2.05, 4.69) is 15.1 Å². The third-order valence-electron chi connectivity index (χ3n) is 2.34. The Balaban J connectivity index is 2.19. The van der Waals surface area contributed by atoms with Crippen LogP contribution in [0.15, 0.2) is 18.5 Å². The minimum Gasteiger partial charge on any atom is -0.421 e. The summed E-state index contributed by atoms with van der Waals surface area (Å²) in [6.07, 6.45) is 3.46. The van der Waals surface area contributed by atoms with E-state index in [9.17, 15) is 0 Å². The fourth-order valence-corrected chi connectivity index (χ4v) is 1.62. The molecule has 0 radical (unpaired) electrons. The molecule has 2 rings (SSSR count). The van der Waals surface area contributed by atoms with E-state index in [1.165, 1.54) is 0 Å². The van der Waals surface area contributed by atoms with Gasteiger partial charge in [-0.1, -0.05) is 0 Å². The standard InChI is InChI=1S/C12H15ClN4O/c1-8(2)17-7-11(6-14-17)18-12-15-9(3)4-10(5-13)16-12/h4,6-8H,5H2,1-3H3. The van der Waals surface area contributed by atoms with E-state index < -0.39 is 0 Å². The number of hydrogen-bond donors (Lipinski definition) is 0. The maximum atomic E-state index is 5.76. The van der Waals surface area contributed by atoms with Gasteiger partial charge in [0, 0.05) is 11.7 Å². The highest BCUT2D eigenvalue weighted by atomic mass is 35.5. The molecule has 0 unspecified atom stereocenters. The van der Waals surface area contributed by atoms with Gasteiger partial charge in [0.1, 0.15) is 0 Å². The first-order chi connectivity index (χ1) is 8.58. The van der Waals surface area contributed by atoms with Crippen molar-refractivity contribution in [3.63, 3.8) is 0 Å². The minimum absolute atomic E-state index is 0.291. The molecule has 2 aromatic heterocycles. The molecule has 0 bridgehead atoms. The largest absolute Gasteiger partial charge is 0.421 e. The van der Waals surface area contributed by atoms with Crippen molar-refractivity contribution in [2.45, 2.75) is 32.7 Å². The van der Waals surface area contributed by atoms with Gasteiger partial charge in [-0.05, 0) is 26.8 Å². The summed E-state index contributed by atoms with van der Waals surface area (Å²) in [5.74, 6) is 0.958. The smallest absolute Gasteiger partial charge is 0.322 e. The lowest BCUT2D eigenvalue weighted by Gasteiger charge is -2.04. The van der Waals surface area contributed by atoms with Crippen molar-refractivity contribution in [3.8, 4) is 11.8 Å². The summed E-state index contributed by atoms with van der Waals surface area (Å²) in [6, 6.07) is 2.42. The van der Waals surface area contributed by atoms with Gasteiger partial charge in [-0.25, -0.2) is 4.98 Å². The summed E-state index contributed by atoms with van der Waals surface area (Å²) in [5.41, 5.74) is 1.57. The van der Waals surface area contributed by atoms with Crippen molar-refractivity contribution < 1.29 is 4.74 Å². The van der Waals surface area contributed by atoms with E-state index in [1.54, 1.807) is 6.20 Å². The predicted molar refractivity (Wildman–Crippen MR) is 69.0 cm³/mol. The number of ether oxygens (including phenoxy) is 1. The molecule has 18 heavy (non-hydrogen) atoms. The Morgan fingerprint density at radius 1 is 1.39 bits per heavy atom. The summed E-state index contributed by atoms with van der Waals surface area (Å²) < 4.78 is 7.38. The lowest BCUT2D eigenvalue weighted by Crippen LogP contribution is -2.00. The van der Waals surface area contributed by atoms with Crippen LogP contribution in [0.2, 0.25) is 0 Å². The number of halogens is 1. The molecule has 0 N–H and O–H groups in total. The van der Waals surface area contributed by atoms with Crippen molar-refractivity contribution in [1.29, 1.82) is 0 Å². The average Bonchev–Trinajstić information content (AvgIpc) is 2.76. The quantitative estimate of drug-likeness (QED) is 0.798. The molecule has 0 spiro atoms. The van der Waals surface area contributed by atoms with E-state index in [4.69, 9.17) is 16.3 Å². The minimum atomic E-state index is 0.291. The fraction of sp³-hybridized carbons (Fsp3) is 0.417. The van der Waals surface area contributed by atoms with Gasteiger partial charge < -0.3 is 4.74 Å². The molecule has 0 saturated carbocycles. The van der Waals surface area contributed by atoms with Crippen LogP contribution >= 0.6 is 11.6 Å². The van der Waals surface area contributed by atoms with Crippen molar-refractivity contribution in [1.82, 2.24) is 19.7 Å². The molecular formula is C12H15ClN4O. The summed E-state index contributed by atoms with van der Waals surface area (Å²) in [6.45, 7) is 5.97. The monoisotopic (exact) mass is 266 g/mol. The molecule has 2 aromatic rings. The lowest BCUT2D eigenvalue weighted by molar-refractivity contribution is 0.436. The molecular weight excluding hydrogens is 252 g/mol. The normalized spacial score (nSPS) is 10.9. The fourth-order valence-electron chi connectivity index (χ4n) is 1.48. The van der Waals surface area contributed by atoms with Gasteiger partial charge in [-0.3, -0.25) is 4.68 Å². The molecule has 0 amide bonds. The van der Waals surface area contributed by atoms with Gasteiger partial charge in [0.2, 0.25) is 0 Å². The molecule has 0 aliphatic carbocycles. The number of aromatic nitrogens is 4. The van der Waals surface area contributed by atoms with E-state index >= 15 is 0 Å². The molecule has 0 saturated heterocycles. The highest BCUT2D eigenvalue weighted by Gasteiger charge is 2.07. The van der Waals surface area contributed by atoms with Gasteiger partial charge in [0.15, 0.2) is 5.75 Å². The summed E-state index contributed by atoms with van der Waals surface area (Å²) in [7, 11) is 0. The molecule has 0 fully saturated rings. The van der Waals surface area contributed by atoms with Crippen LogP contribution in [-0.2, 0) is 5.88 Å². The van der Waals surface area contributed by atoms with Crippen LogP contribution in [0.25, 0.3) is 0 Å². The first kappa shape index (κ1) is 12.8. The number of rotatable bonds is 4. The molecule has 0 aromatic carbocycles. The third kappa shape index (κ3) is 2.98. The van der Waals surface area contributed by atoms with Crippen LogP contribution in [-0.4, -0.2) is 19.7 Å². The Labute approximate surface area is 111 Å².